The molecule has 2 nitrogen and oxygen atoms in total. The van der Waals surface area contributed by atoms with E-state index < -0.39 is 0 Å². The second kappa shape index (κ2) is 3.08. The van der Waals surface area contributed by atoms with E-state index in [0.29, 0.717) is 11.3 Å². The lowest BCUT2D eigenvalue weighted by Crippen LogP contribution is -2.29. The number of carbonyl (C=O) groups excluding carboxylic acids is 1. The van der Waals surface area contributed by atoms with Gasteiger partial charge in [0.05, 0.1) is 0 Å². The number of rotatable bonds is 0. The molecule has 1 aliphatic heterocycles. The Labute approximate surface area is 74.9 Å². The summed E-state index contributed by atoms with van der Waals surface area (Å²) in [6.07, 6.45) is 1.17. The molecule has 12 heavy (non-hydrogen) atoms. The van der Waals surface area contributed by atoms with Crippen molar-refractivity contribution in [2.24, 2.45) is 11.3 Å². The Hall–Kier alpha value is -0.530. The molecule has 1 aliphatic rings. The third kappa shape index (κ3) is 1.99. The number of likely N-dealkylation sites (tertiary alicyclic amines) is 1. The van der Waals surface area contributed by atoms with Crippen LogP contribution in [0.3, 0.4) is 0 Å². The fourth-order valence-corrected chi connectivity index (χ4v) is 1.75. The highest BCUT2D eigenvalue weighted by Crippen LogP contribution is 2.33. The molecule has 0 aromatic rings. The summed E-state index contributed by atoms with van der Waals surface area (Å²) in [6.45, 7) is 10.3. The molecule has 1 rings (SSSR count). The van der Waals surface area contributed by atoms with Crippen LogP contribution in [0.2, 0.25) is 0 Å². The van der Waals surface area contributed by atoms with Crippen LogP contribution in [0.4, 0.5) is 0 Å². The largest absolute Gasteiger partial charge is 0.343 e. The van der Waals surface area contributed by atoms with Crippen LogP contribution in [-0.2, 0) is 4.79 Å². The molecule has 0 spiro atoms. The summed E-state index contributed by atoms with van der Waals surface area (Å²) in [5, 5.41) is 0. The van der Waals surface area contributed by atoms with Gasteiger partial charge in [-0.1, -0.05) is 20.8 Å². The van der Waals surface area contributed by atoms with Gasteiger partial charge in [-0.25, -0.2) is 0 Å². The number of amides is 1. The van der Waals surface area contributed by atoms with Gasteiger partial charge in [0.1, 0.15) is 0 Å². The van der Waals surface area contributed by atoms with Crippen molar-refractivity contribution in [2.45, 2.75) is 34.1 Å². The number of hydrogen-bond donors (Lipinski definition) is 0. The van der Waals surface area contributed by atoms with E-state index in [2.05, 4.69) is 20.8 Å². The molecule has 0 aromatic carbocycles. The zero-order valence-corrected chi connectivity index (χ0v) is 8.55. The Balaban J connectivity index is 2.51. The average molecular weight is 169 g/mol. The molecule has 0 saturated carbocycles. The van der Waals surface area contributed by atoms with Crippen LogP contribution in [-0.4, -0.2) is 23.9 Å². The minimum absolute atomic E-state index is 0.224. The van der Waals surface area contributed by atoms with Crippen LogP contribution in [0.15, 0.2) is 0 Å². The lowest BCUT2D eigenvalue weighted by molar-refractivity contribution is -0.128. The molecule has 1 saturated heterocycles. The van der Waals surface area contributed by atoms with E-state index in [9.17, 15) is 4.79 Å². The van der Waals surface area contributed by atoms with Crippen LogP contribution in [0.25, 0.3) is 0 Å². The van der Waals surface area contributed by atoms with Crippen molar-refractivity contribution in [2.75, 3.05) is 13.1 Å². The van der Waals surface area contributed by atoms with Crippen LogP contribution < -0.4 is 0 Å². The van der Waals surface area contributed by atoms with Gasteiger partial charge in [0.25, 0.3) is 0 Å². The normalized spacial score (nSPS) is 24.7. The predicted molar refractivity (Wildman–Crippen MR) is 49.8 cm³/mol. The Morgan fingerprint density at radius 2 is 2.00 bits per heavy atom. The summed E-state index contributed by atoms with van der Waals surface area (Å²) in [5.74, 6) is 0.906. The van der Waals surface area contributed by atoms with Gasteiger partial charge in [0, 0.05) is 20.0 Å². The lowest BCUT2D eigenvalue weighted by Gasteiger charge is -2.26. The van der Waals surface area contributed by atoms with Crippen molar-refractivity contribution in [3.63, 3.8) is 0 Å². The molecule has 0 radical (unpaired) electrons. The topological polar surface area (TPSA) is 20.3 Å². The molecule has 1 amide bonds. The summed E-state index contributed by atoms with van der Waals surface area (Å²) in [7, 11) is 0. The Bertz CT molecular complexity index is 181. The summed E-state index contributed by atoms with van der Waals surface area (Å²) >= 11 is 0. The van der Waals surface area contributed by atoms with Crippen molar-refractivity contribution >= 4 is 5.91 Å². The van der Waals surface area contributed by atoms with E-state index in [1.165, 1.54) is 6.42 Å². The molecule has 1 fully saturated rings. The van der Waals surface area contributed by atoms with Crippen molar-refractivity contribution < 1.29 is 4.79 Å². The molecule has 0 unspecified atom stereocenters. The minimum Gasteiger partial charge on any atom is -0.343 e. The van der Waals surface area contributed by atoms with E-state index >= 15 is 0 Å². The van der Waals surface area contributed by atoms with E-state index in [-0.39, 0.29) is 5.91 Å². The first kappa shape index (κ1) is 9.56. The number of hydrogen-bond acceptors (Lipinski definition) is 1. The van der Waals surface area contributed by atoms with Gasteiger partial charge in [0.2, 0.25) is 5.91 Å². The minimum atomic E-state index is 0.224. The number of carbonyl (C=O) groups is 1. The first-order valence-corrected chi connectivity index (χ1v) is 4.67. The maximum Gasteiger partial charge on any atom is 0.219 e. The van der Waals surface area contributed by atoms with Crippen LogP contribution in [0, 0.1) is 11.3 Å². The van der Waals surface area contributed by atoms with E-state index in [0.717, 1.165) is 13.1 Å². The average Bonchev–Trinajstić information content (AvgIpc) is 2.30. The Kier molecular flexibility index (Phi) is 2.45. The summed E-state index contributed by atoms with van der Waals surface area (Å²) in [6, 6.07) is 0. The highest BCUT2D eigenvalue weighted by Gasteiger charge is 2.32. The van der Waals surface area contributed by atoms with Crippen LogP contribution in [0.5, 0.6) is 0 Å². The highest BCUT2D eigenvalue weighted by atomic mass is 16.2. The maximum atomic E-state index is 11.0. The number of nitrogens with zero attached hydrogens (tertiary/aromatic N) is 1. The molecule has 1 heterocycles. The third-order valence-corrected chi connectivity index (χ3v) is 2.86. The van der Waals surface area contributed by atoms with Crippen LogP contribution in [0.1, 0.15) is 34.1 Å². The molecule has 0 aromatic heterocycles. The smallest absolute Gasteiger partial charge is 0.219 e. The van der Waals surface area contributed by atoms with E-state index in [1.54, 1.807) is 6.92 Å². The second-order valence-electron chi connectivity index (χ2n) is 4.82. The maximum absolute atomic E-state index is 11.0. The standard InChI is InChI=1S/C10H19NO/c1-8(12)11-6-5-9(7-11)10(2,3)4/h9H,5-7H2,1-4H3/t9-/m1/s1. The molecular formula is C10H19NO. The molecule has 0 aliphatic carbocycles. The lowest BCUT2D eigenvalue weighted by atomic mass is 9.80. The van der Waals surface area contributed by atoms with Crippen LogP contribution >= 0.6 is 0 Å². The Morgan fingerprint density at radius 1 is 1.42 bits per heavy atom. The predicted octanol–water partition coefficient (Wildman–Crippen LogP) is 1.90. The fourth-order valence-electron chi connectivity index (χ4n) is 1.75. The zero-order valence-electron chi connectivity index (χ0n) is 8.55. The van der Waals surface area contributed by atoms with E-state index in [4.69, 9.17) is 0 Å². The quantitative estimate of drug-likeness (QED) is 0.542. The summed E-state index contributed by atoms with van der Waals surface area (Å²) < 4.78 is 0. The molecule has 2 heteroatoms. The van der Waals surface area contributed by atoms with Crippen molar-refractivity contribution in [3.05, 3.63) is 0 Å². The van der Waals surface area contributed by atoms with Gasteiger partial charge in [-0.3, -0.25) is 4.79 Å². The summed E-state index contributed by atoms with van der Waals surface area (Å²) in [4.78, 5) is 13.0. The third-order valence-electron chi connectivity index (χ3n) is 2.86. The summed E-state index contributed by atoms with van der Waals surface area (Å²) in [5.41, 5.74) is 0.351. The SMILES string of the molecule is CC(=O)N1CC[C@@H](C(C)(C)C)C1. The molecule has 0 N–H and O–H groups in total. The fraction of sp³-hybridized carbons (Fsp3) is 0.900. The second-order valence-corrected chi connectivity index (χ2v) is 4.82. The van der Waals surface area contributed by atoms with Gasteiger partial charge in [-0.05, 0) is 17.8 Å². The first-order valence-electron chi connectivity index (χ1n) is 4.67. The van der Waals surface area contributed by atoms with Gasteiger partial charge in [-0.15, -0.1) is 0 Å². The molecular weight excluding hydrogens is 150 g/mol. The molecule has 0 bridgehead atoms. The first-order chi connectivity index (χ1) is 5.41. The van der Waals surface area contributed by atoms with Crippen molar-refractivity contribution in [3.8, 4) is 0 Å². The van der Waals surface area contributed by atoms with Gasteiger partial charge >= 0.3 is 0 Å². The molecule has 70 valence electrons. The van der Waals surface area contributed by atoms with Gasteiger partial charge in [0.15, 0.2) is 0 Å². The highest BCUT2D eigenvalue weighted by molar-refractivity contribution is 5.73. The van der Waals surface area contributed by atoms with Gasteiger partial charge < -0.3 is 4.90 Å². The van der Waals surface area contributed by atoms with Crippen molar-refractivity contribution in [1.82, 2.24) is 4.90 Å². The Morgan fingerprint density at radius 3 is 2.25 bits per heavy atom. The molecule has 1 atom stereocenters. The zero-order chi connectivity index (χ0) is 9.35. The van der Waals surface area contributed by atoms with E-state index in [1.807, 2.05) is 4.90 Å². The monoisotopic (exact) mass is 169 g/mol. The van der Waals surface area contributed by atoms with Crippen molar-refractivity contribution in [1.29, 1.82) is 0 Å². The van der Waals surface area contributed by atoms with Gasteiger partial charge in [-0.2, -0.15) is 0 Å².